The van der Waals surface area contributed by atoms with E-state index in [-0.39, 0.29) is 11.1 Å². The minimum Gasteiger partial charge on any atom is -0.453 e. The number of aromatic nitrogens is 1. The van der Waals surface area contributed by atoms with E-state index in [4.69, 9.17) is 10.2 Å². The molecular formula is C12H7BrN2O2. The molecule has 0 saturated carbocycles. The predicted molar refractivity (Wildman–Crippen MR) is 69.0 cm³/mol. The highest BCUT2D eigenvalue weighted by atomic mass is 79.9. The summed E-state index contributed by atoms with van der Waals surface area (Å²) >= 11 is 3.27. The number of anilines is 1. The first-order valence-electron chi connectivity index (χ1n) is 4.94. The quantitative estimate of drug-likeness (QED) is 0.510. The molecule has 0 spiro atoms. The Labute approximate surface area is 105 Å². The Morgan fingerprint density at radius 1 is 1.29 bits per heavy atom. The van der Waals surface area contributed by atoms with Crippen LogP contribution in [-0.2, 0) is 0 Å². The standard InChI is InChI=1S/C12H7BrN2O2/c13-10-11(14)7(16)5-9-12(10)15-6-3-1-2-4-8(6)17-9/h1-5H,14H2. The molecule has 0 bridgehead atoms. The van der Waals surface area contributed by atoms with Crippen LogP contribution >= 0.6 is 15.9 Å². The lowest BCUT2D eigenvalue weighted by atomic mass is 10.2. The molecule has 0 aromatic heterocycles. The van der Waals surface area contributed by atoms with Crippen molar-refractivity contribution >= 4 is 32.7 Å². The summed E-state index contributed by atoms with van der Waals surface area (Å²) < 4.78 is 6.10. The zero-order chi connectivity index (χ0) is 12.0. The van der Waals surface area contributed by atoms with Crippen molar-refractivity contribution in [1.29, 1.82) is 0 Å². The Morgan fingerprint density at radius 2 is 2.06 bits per heavy atom. The van der Waals surface area contributed by atoms with E-state index >= 15 is 0 Å². The lowest BCUT2D eigenvalue weighted by Crippen LogP contribution is -2.10. The van der Waals surface area contributed by atoms with E-state index in [0.717, 1.165) is 5.52 Å². The summed E-state index contributed by atoms with van der Waals surface area (Å²) in [6.45, 7) is 0. The lowest BCUT2D eigenvalue weighted by Gasteiger charge is -2.08. The van der Waals surface area contributed by atoms with Crippen LogP contribution in [0.2, 0.25) is 0 Å². The zero-order valence-electron chi connectivity index (χ0n) is 8.61. The third kappa shape index (κ3) is 1.51. The van der Waals surface area contributed by atoms with E-state index in [0.29, 0.717) is 21.5 Å². The molecule has 4 nitrogen and oxygen atoms in total. The highest BCUT2D eigenvalue weighted by Crippen LogP contribution is 2.32. The van der Waals surface area contributed by atoms with Crippen molar-refractivity contribution in [2.45, 2.75) is 0 Å². The summed E-state index contributed by atoms with van der Waals surface area (Å²) in [5.41, 5.74) is 7.44. The average molecular weight is 291 g/mol. The van der Waals surface area contributed by atoms with Crippen LogP contribution in [0.3, 0.4) is 0 Å². The number of halogens is 1. The van der Waals surface area contributed by atoms with E-state index in [1.807, 2.05) is 18.2 Å². The number of rotatable bonds is 0. The Hall–Kier alpha value is -1.88. The van der Waals surface area contributed by atoms with Gasteiger partial charge in [-0.3, -0.25) is 4.79 Å². The summed E-state index contributed by atoms with van der Waals surface area (Å²) in [4.78, 5) is 16.0. The topological polar surface area (TPSA) is 69.1 Å². The lowest BCUT2D eigenvalue weighted by molar-refractivity contribution is 0.612. The van der Waals surface area contributed by atoms with Crippen molar-refractivity contribution in [3.63, 3.8) is 0 Å². The average Bonchev–Trinajstić information content (AvgIpc) is 2.34. The zero-order valence-corrected chi connectivity index (χ0v) is 10.2. The molecule has 84 valence electrons. The fourth-order valence-corrected chi connectivity index (χ4v) is 2.15. The number of nitrogen functional groups attached to an aromatic ring is 1. The molecule has 2 aliphatic rings. The molecule has 1 aliphatic heterocycles. The van der Waals surface area contributed by atoms with E-state index in [1.54, 1.807) is 6.07 Å². The van der Waals surface area contributed by atoms with E-state index < -0.39 is 0 Å². The minimum atomic E-state index is -0.273. The third-order valence-corrected chi connectivity index (χ3v) is 3.33. The maximum Gasteiger partial charge on any atom is 0.206 e. The first-order chi connectivity index (χ1) is 8.16. The third-order valence-electron chi connectivity index (χ3n) is 2.52. The van der Waals surface area contributed by atoms with Gasteiger partial charge in [-0.05, 0) is 28.1 Å². The number of fused-ring (bicyclic) bond motifs is 2. The summed E-state index contributed by atoms with van der Waals surface area (Å²) in [6.07, 6.45) is 0. The van der Waals surface area contributed by atoms with Gasteiger partial charge in [0.05, 0.1) is 10.2 Å². The van der Waals surface area contributed by atoms with Crippen LogP contribution in [0.4, 0.5) is 5.69 Å². The van der Waals surface area contributed by atoms with Gasteiger partial charge in [0.25, 0.3) is 0 Å². The van der Waals surface area contributed by atoms with Gasteiger partial charge in [0.1, 0.15) is 11.2 Å². The van der Waals surface area contributed by atoms with Gasteiger partial charge in [0, 0.05) is 6.07 Å². The van der Waals surface area contributed by atoms with Gasteiger partial charge < -0.3 is 10.2 Å². The van der Waals surface area contributed by atoms with Crippen LogP contribution in [0.25, 0.3) is 22.6 Å². The normalized spacial score (nSPS) is 11.1. The molecule has 17 heavy (non-hydrogen) atoms. The first kappa shape index (κ1) is 10.3. The predicted octanol–water partition coefficient (Wildman–Crippen LogP) is 2.64. The smallest absolute Gasteiger partial charge is 0.206 e. The van der Waals surface area contributed by atoms with Crippen LogP contribution in [0.1, 0.15) is 0 Å². The number of para-hydroxylation sites is 2. The molecule has 1 aliphatic carbocycles. The van der Waals surface area contributed by atoms with Crippen molar-refractivity contribution < 1.29 is 4.42 Å². The second-order valence-corrected chi connectivity index (χ2v) is 4.42. The molecule has 0 fully saturated rings. The molecular weight excluding hydrogens is 284 g/mol. The molecule has 1 aromatic rings. The summed E-state index contributed by atoms with van der Waals surface area (Å²) in [7, 11) is 0. The van der Waals surface area contributed by atoms with Crippen molar-refractivity contribution in [2.75, 3.05) is 5.73 Å². The number of benzene rings is 2. The van der Waals surface area contributed by atoms with Crippen molar-refractivity contribution in [3.8, 4) is 11.5 Å². The van der Waals surface area contributed by atoms with Gasteiger partial charge in [-0.15, -0.1) is 0 Å². The second-order valence-electron chi connectivity index (χ2n) is 3.63. The molecule has 0 radical (unpaired) electrons. The SMILES string of the molecule is Nc1c(Br)c2nc3ccccc3oc-2cc1=O. The molecule has 0 saturated heterocycles. The van der Waals surface area contributed by atoms with Gasteiger partial charge in [0.15, 0.2) is 11.3 Å². The van der Waals surface area contributed by atoms with Crippen molar-refractivity contribution in [2.24, 2.45) is 0 Å². The molecule has 0 unspecified atom stereocenters. The first-order valence-corrected chi connectivity index (χ1v) is 5.73. The number of hydrogen-bond acceptors (Lipinski definition) is 4. The van der Waals surface area contributed by atoms with Crippen LogP contribution in [0.5, 0.6) is 0 Å². The van der Waals surface area contributed by atoms with Crippen LogP contribution in [0, 0.1) is 0 Å². The molecule has 0 amide bonds. The van der Waals surface area contributed by atoms with E-state index in [2.05, 4.69) is 20.9 Å². The van der Waals surface area contributed by atoms with Crippen LogP contribution in [0.15, 0.2) is 44.0 Å². The molecule has 0 atom stereocenters. The second kappa shape index (κ2) is 3.56. The van der Waals surface area contributed by atoms with Gasteiger partial charge in [-0.25, -0.2) is 4.98 Å². The Kier molecular flexibility index (Phi) is 2.16. The summed E-state index contributed by atoms with van der Waals surface area (Å²) in [5, 5.41) is 0. The van der Waals surface area contributed by atoms with Gasteiger partial charge in [0.2, 0.25) is 5.43 Å². The van der Waals surface area contributed by atoms with E-state index in [1.165, 1.54) is 6.07 Å². The summed E-state index contributed by atoms with van der Waals surface area (Å²) in [5.74, 6) is 0.426. The Morgan fingerprint density at radius 3 is 2.88 bits per heavy atom. The number of nitrogens with zero attached hydrogens (tertiary/aromatic N) is 1. The molecule has 1 aromatic carbocycles. The molecule has 3 rings (SSSR count). The maximum atomic E-state index is 11.5. The Bertz CT molecular complexity index is 751. The number of hydrogen-bond donors (Lipinski definition) is 1. The van der Waals surface area contributed by atoms with Crippen LogP contribution < -0.4 is 11.2 Å². The molecule has 2 N–H and O–H groups in total. The number of nitrogens with two attached hydrogens (primary N) is 1. The van der Waals surface area contributed by atoms with Crippen molar-refractivity contribution in [1.82, 2.24) is 4.98 Å². The molecule has 5 heteroatoms. The maximum absolute atomic E-state index is 11.5. The Balaban J connectivity index is 2.53. The van der Waals surface area contributed by atoms with E-state index in [9.17, 15) is 4.79 Å². The fraction of sp³-hybridized carbons (Fsp3) is 0. The van der Waals surface area contributed by atoms with Crippen molar-refractivity contribution in [3.05, 3.63) is 45.0 Å². The summed E-state index contributed by atoms with van der Waals surface area (Å²) in [6, 6.07) is 8.72. The van der Waals surface area contributed by atoms with Crippen LogP contribution in [-0.4, -0.2) is 4.98 Å². The minimum absolute atomic E-state index is 0.149. The van der Waals surface area contributed by atoms with Gasteiger partial charge in [-0.1, -0.05) is 12.1 Å². The largest absolute Gasteiger partial charge is 0.453 e. The van der Waals surface area contributed by atoms with Gasteiger partial charge in [-0.2, -0.15) is 0 Å². The monoisotopic (exact) mass is 290 g/mol. The highest BCUT2D eigenvalue weighted by Gasteiger charge is 2.17. The fourth-order valence-electron chi connectivity index (χ4n) is 1.67. The van der Waals surface area contributed by atoms with Gasteiger partial charge >= 0.3 is 0 Å². The highest BCUT2D eigenvalue weighted by molar-refractivity contribution is 9.10. The molecule has 1 heterocycles.